The Bertz CT molecular complexity index is 1220. The molecule has 1 amide bonds. The summed E-state index contributed by atoms with van der Waals surface area (Å²) in [7, 11) is 1.90. The van der Waals surface area contributed by atoms with Crippen molar-refractivity contribution in [3.63, 3.8) is 0 Å². The van der Waals surface area contributed by atoms with Crippen LogP contribution in [0.3, 0.4) is 0 Å². The van der Waals surface area contributed by atoms with Crippen LogP contribution in [0.25, 0.3) is 16.8 Å². The third-order valence-corrected chi connectivity index (χ3v) is 5.33. The number of nitrogens with zero attached hydrogens (tertiary/aromatic N) is 6. The zero-order valence-corrected chi connectivity index (χ0v) is 16.4. The molecule has 4 heterocycles. The van der Waals surface area contributed by atoms with Crippen LogP contribution < -0.4 is 5.01 Å². The Hall–Kier alpha value is -3.45. The molecule has 0 aliphatic carbocycles. The Morgan fingerprint density at radius 3 is 2.76 bits per heavy atom. The van der Waals surface area contributed by atoms with Crippen LogP contribution in [-0.2, 0) is 6.42 Å². The van der Waals surface area contributed by atoms with Crippen molar-refractivity contribution in [2.24, 2.45) is 0 Å². The van der Waals surface area contributed by atoms with Gasteiger partial charge in [-0.1, -0.05) is 17.7 Å². The summed E-state index contributed by atoms with van der Waals surface area (Å²) >= 11 is 5.96. The van der Waals surface area contributed by atoms with Gasteiger partial charge in [-0.2, -0.15) is 5.10 Å². The number of hydrogen-bond acceptors (Lipinski definition) is 5. The molecule has 29 heavy (non-hydrogen) atoms. The Morgan fingerprint density at radius 2 is 1.93 bits per heavy atom. The zero-order valence-electron chi connectivity index (χ0n) is 15.7. The molecule has 5 rings (SSSR count). The number of aromatic nitrogens is 4. The number of pyridine rings is 1. The van der Waals surface area contributed by atoms with Gasteiger partial charge < -0.3 is 0 Å². The number of rotatable bonds is 2. The summed E-state index contributed by atoms with van der Waals surface area (Å²) in [6, 6.07) is 12.0. The fraction of sp³-hybridized carbons (Fsp3) is 0.143. The van der Waals surface area contributed by atoms with E-state index in [4.69, 9.17) is 11.6 Å². The summed E-state index contributed by atoms with van der Waals surface area (Å²) in [5, 5.41) is 8.40. The summed E-state index contributed by atoms with van der Waals surface area (Å²) < 4.78 is 1.52. The van der Waals surface area contributed by atoms with Gasteiger partial charge in [-0.05, 0) is 47.4 Å². The molecule has 0 radical (unpaired) electrons. The first kappa shape index (κ1) is 17.6. The van der Waals surface area contributed by atoms with Crippen molar-refractivity contribution in [3.05, 3.63) is 77.5 Å². The molecular formula is C21H17ClN6O. The molecule has 1 aliphatic rings. The Kier molecular flexibility index (Phi) is 4.17. The normalized spacial score (nSPS) is 13.6. The van der Waals surface area contributed by atoms with Crippen LogP contribution in [-0.4, -0.2) is 44.1 Å². The maximum absolute atomic E-state index is 13.1. The lowest BCUT2D eigenvalue weighted by Gasteiger charge is -2.38. The minimum Gasteiger partial charge on any atom is -0.285 e. The molecular weight excluding hydrogens is 388 g/mol. The number of carbonyl (C=O) groups excluding carboxylic acids is 1. The SMILES string of the molecule is CN1c2ccc(-c3ccncc3)cc2CCN1C(=O)c1cc2ncc(Cl)cn2n1. The Morgan fingerprint density at radius 1 is 1.10 bits per heavy atom. The number of halogens is 1. The molecule has 8 heteroatoms. The molecule has 7 nitrogen and oxygen atoms in total. The number of hydrazine groups is 1. The lowest BCUT2D eigenvalue weighted by atomic mass is 9.99. The van der Waals surface area contributed by atoms with Gasteiger partial charge in [0.05, 0.1) is 16.9 Å². The van der Waals surface area contributed by atoms with E-state index in [0.717, 1.165) is 23.2 Å². The summed E-state index contributed by atoms with van der Waals surface area (Å²) in [4.78, 5) is 21.4. The van der Waals surface area contributed by atoms with Gasteiger partial charge in [0.2, 0.25) is 0 Å². The average molecular weight is 405 g/mol. The highest BCUT2D eigenvalue weighted by molar-refractivity contribution is 6.30. The second-order valence-corrected chi connectivity index (χ2v) is 7.32. The predicted octanol–water partition coefficient (Wildman–Crippen LogP) is 3.49. The highest BCUT2D eigenvalue weighted by Crippen LogP contribution is 2.31. The van der Waals surface area contributed by atoms with E-state index >= 15 is 0 Å². The smallest absolute Gasteiger partial charge is 0.285 e. The number of hydrogen-bond donors (Lipinski definition) is 0. The van der Waals surface area contributed by atoms with Crippen LogP contribution in [0.2, 0.25) is 5.02 Å². The number of fused-ring (bicyclic) bond motifs is 2. The third kappa shape index (κ3) is 3.09. The van der Waals surface area contributed by atoms with Crippen molar-refractivity contribution >= 4 is 28.8 Å². The van der Waals surface area contributed by atoms with E-state index < -0.39 is 0 Å². The largest absolute Gasteiger partial charge is 0.292 e. The summed E-state index contributed by atoms with van der Waals surface area (Å²) in [6.07, 6.45) is 7.52. The van der Waals surface area contributed by atoms with Crippen molar-refractivity contribution < 1.29 is 4.79 Å². The van der Waals surface area contributed by atoms with Gasteiger partial charge in [0.15, 0.2) is 11.3 Å². The number of amides is 1. The summed E-state index contributed by atoms with van der Waals surface area (Å²) in [5.74, 6) is -0.169. The van der Waals surface area contributed by atoms with Crippen molar-refractivity contribution in [2.75, 3.05) is 18.6 Å². The van der Waals surface area contributed by atoms with Crippen molar-refractivity contribution in [3.8, 4) is 11.1 Å². The maximum Gasteiger partial charge on any atom is 0.292 e. The van der Waals surface area contributed by atoms with E-state index in [9.17, 15) is 4.79 Å². The minimum absolute atomic E-state index is 0.169. The highest BCUT2D eigenvalue weighted by Gasteiger charge is 2.28. The first-order valence-electron chi connectivity index (χ1n) is 9.20. The van der Waals surface area contributed by atoms with E-state index in [1.165, 1.54) is 16.3 Å². The molecule has 0 N–H and O–H groups in total. The van der Waals surface area contributed by atoms with Gasteiger partial charge in [-0.25, -0.2) is 14.5 Å². The first-order chi connectivity index (χ1) is 14.1. The van der Waals surface area contributed by atoms with Crippen LogP contribution in [0.4, 0.5) is 5.69 Å². The second-order valence-electron chi connectivity index (χ2n) is 6.89. The monoisotopic (exact) mass is 404 g/mol. The molecule has 0 saturated carbocycles. The Balaban J connectivity index is 1.44. The molecule has 0 unspecified atom stereocenters. The van der Waals surface area contributed by atoms with Gasteiger partial charge >= 0.3 is 0 Å². The first-order valence-corrected chi connectivity index (χ1v) is 9.58. The molecule has 4 aromatic rings. The van der Waals surface area contributed by atoms with Gasteiger partial charge in [0, 0.05) is 38.2 Å². The predicted molar refractivity (Wildman–Crippen MR) is 111 cm³/mol. The topological polar surface area (TPSA) is 66.6 Å². The molecule has 0 bridgehead atoms. The van der Waals surface area contributed by atoms with Gasteiger partial charge in [0.1, 0.15) is 0 Å². The summed E-state index contributed by atoms with van der Waals surface area (Å²) in [6.45, 7) is 0.574. The fourth-order valence-corrected chi connectivity index (χ4v) is 3.80. The van der Waals surface area contributed by atoms with Crippen LogP contribution in [0.1, 0.15) is 16.1 Å². The van der Waals surface area contributed by atoms with Crippen molar-refractivity contribution in [1.29, 1.82) is 0 Å². The van der Waals surface area contributed by atoms with E-state index in [2.05, 4.69) is 33.3 Å². The van der Waals surface area contributed by atoms with E-state index in [0.29, 0.717) is 22.9 Å². The van der Waals surface area contributed by atoms with Gasteiger partial charge in [0.25, 0.3) is 5.91 Å². The highest BCUT2D eigenvalue weighted by atomic mass is 35.5. The third-order valence-electron chi connectivity index (χ3n) is 5.13. The molecule has 1 aliphatic heterocycles. The maximum atomic E-state index is 13.1. The number of anilines is 1. The van der Waals surface area contributed by atoms with Crippen LogP contribution in [0.5, 0.6) is 0 Å². The molecule has 0 fully saturated rings. The zero-order chi connectivity index (χ0) is 20.0. The molecule has 0 atom stereocenters. The van der Waals surface area contributed by atoms with Crippen LogP contribution in [0, 0.1) is 0 Å². The second kappa shape index (κ2) is 6.86. The number of benzene rings is 1. The minimum atomic E-state index is -0.169. The van der Waals surface area contributed by atoms with E-state index in [-0.39, 0.29) is 5.91 Å². The van der Waals surface area contributed by atoms with Crippen LogP contribution >= 0.6 is 11.6 Å². The van der Waals surface area contributed by atoms with Crippen LogP contribution in [0.15, 0.2) is 61.2 Å². The van der Waals surface area contributed by atoms with Gasteiger partial charge in [-0.3, -0.25) is 14.8 Å². The lowest BCUT2D eigenvalue weighted by Crippen LogP contribution is -2.48. The lowest BCUT2D eigenvalue weighted by molar-refractivity contribution is 0.0732. The van der Waals surface area contributed by atoms with E-state index in [1.54, 1.807) is 29.7 Å². The van der Waals surface area contributed by atoms with Gasteiger partial charge in [-0.15, -0.1) is 0 Å². The van der Waals surface area contributed by atoms with Crippen molar-refractivity contribution in [2.45, 2.75) is 6.42 Å². The quantitative estimate of drug-likeness (QED) is 0.511. The standard InChI is InChI=1S/C21H17ClN6O/c1-26-19-3-2-15(14-4-7-23-8-5-14)10-16(19)6-9-28(26)21(29)18-11-20-24-12-17(22)13-27(20)25-18/h2-5,7-8,10-13H,6,9H2,1H3. The number of carbonyl (C=O) groups is 1. The summed E-state index contributed by atoms with van der Waals surface area (Å²) in [5.41, 5.74) is 5.40. The van der Waals surface area contributed by atoms with Crippen molar-refractivity contribution in [1.82, 2.24) is 24.6 Å². The molecule has 144 valence electrons. The van der Waals surface area contributed by atoms with E-state index in [1.807, 2.05) is 24.2 Å². The molecule has 3 aromatic heterocycles. The average Bonchev–Trinajstić information content (AvgIpc) is 3.17. The molecule has 0 saturated heterocycles. The fourth-order valence-electron chi connectivity index (χ4n) is 3.66. The molecule has 0 spiro atoms. The Labute approximate surface area is 172 Å². The molecule has 1 aromatic carbocycles.